The first-order chi connectivity index (χ1) is 5.83. The van der Waals surface area contributed by atoms with Crippen molar-refractivity contribution in [2.45, 2.75) is 19.8 Å². The van der Waals surface area contributed by atoms with Crippen molar-refractivity contribution in [1.29, 1.82) is 0 Å². The molecular weight excluding hydrogens is 148 g/mol. The van der Waals surface area contributed by atoms with Gasteiger partial charge in [-0.05, 0) is 24.3 Å². The van der Waals surface area contributed by atoms with Crippen LogP contribution in [0.4, 0.5) is 0 Å². The number of hydrogen-bond acceptors (Lipinski definition) is 1. The van der Waals surface area contributed by atoms with Gasteiger partial charge < -0.3 is 5.11 Å². The van der Waals surface area contributed by atoms with Crippen molar-refractivity contribution in [2.75, 3.05) is 6.61 Å². The number of aryl methyl sites for hydroxylation is 1. The monoisotopic (exact) mass is 164 g/mol. The van der Waals surface area contributed by atoms with Gasteiger partial charge in [0.25, 0.3) is 0 Å². The first kappa shape index (κ1) is 9.27. The molecule has 0 heterocycles. The molecule has 0 fully saturated rings. The third-order valence-electron chi connectivity index (χ3n) is 2.08. The first-order valence-electron chi connectivity index (χ1n) is 4.47. The molecule has 1 aromatic carbocycles. The molecule has 1 N–H and O–H groups in total. The van der Waals surface area contributed by atoms with Crippen LogP contribution in [0.3, 0.4) is 0 Å². The maximum Gasteiger partial charge on any atom is 0.0456 e. The van der Waals surface area contributed by atoms with E-state index in [1.807, 2.05) is 6.07 Å². The SMILES string of the molecule is C[C@H](CO)CCc1ccccc1. The Labute approximate surface area is 74.1 Å². The van der Waals surface area contributed by atoms with Crippen LogP contribution < -0.4 is 0 Å². The summed E-state index contributed by atoms with van der Waals surface area (Å²) in [6.07, 6.45) is 2.14. The zero-order valence-corrected chi connectivity index (χ0v) is 7.53. The van der Waals surface area contributed by atoms with Crippen molar-refractivity contribution in [3.05, 3.63) is 35.9 Å². The molecule has 0 bridgehead atoms. The van der Waals surface area contributed by atoms with Crippen molar-refractivity contribution < 1.29 is 5.11 Å². The van der Waals surface area contributed by atoms with Gasteiger partial charge >= 0.3 is 0 Å². The van der Waals surface area contributed by atoms with E-state index >= 15 is 0 Å². The number of aliphatic hydroxyl groups excluding tert-OH is 1. The van der Waals surface area contributed by atoms with Gasteiger partial charge in [0.2, 0.25) is 0 Å². The van der Waals surface area contributed by atoms with Gasteiger partial charge in [0.05, 0.1) is 0 Å². The fourth-order valence-corrected chi connectivity index (χ4v) is 1.15. The first-order valence-corrected chi connectivity index (χ1v) is 4.47. The summed E-state index contributed by atoms with van der Waals surface area (Å²) < 4.78 is 0. The van der Waals surface area contributed by atoms with Gasteiger partial charge in [-0.1, -0.05) is 37.3 Å². The van der Waals surface area contributed by atoms with E-state index in [-0.39, 0.29) is 0 Å². The molecule has 0 saturated carbocycles. The third-order valence-corrected chi connectivity index (χ3v) is 2.08. The standard InChI is InChI=1S/C11H16O/c1-10(9-12)7-8-11-5-3-2-4-6-11/h2-6,10,12H,7-9H2,1H3/t10-/m0/s1. The van der Waals surface area contributed by atoms with E-state index < -0.39 is 0 Å². The predicted molar refractivity (Wildman–Crippen MR) is 51.0 cm³/mol. The lowest BCUT2D eigenvalue weighted by Gasteiger charge is -2.06. The van der Waals surface area contributed by atoms with Crippen LogP contribution in [0.1, 0.15) is 18.9 Å². The van der Waals surface area contributed by atoms with Crippen LogP contribution >= 0.6 is 0 Å². The van der Waals surface area contributed by atoms with E-state index in [4.69, 9.17) is 5.11 Å². The second-order valence-electron chi connectivity index (χ2n) is 3.31. The lowest BCUT2D eigenvalue weighted by Crippen LogP contribution is -2.01. The van der Waals surface area contributed by atoms with Crippen LogP contribution in [-0.4, -0.2) is 11.7 Å². The highest BCUT2D eigenvalue weighted by Crippen LogP contribution is 2.08. The quantitative estimate of drug-likeness (QED) is 0.723. The van der Waals surface area contributed by atoms with Crippen molar-refractivity contribution >= 4 is 0 Å². The van der Waals surface area contributed by atoms with Gasteiger partial charge in [-0.15, -0.1) is 0 Å². The topological polar surface area (TPSA) is 20.2 Å². The summed E-state index contributed by atoms with van der Waals surface area (Å²) in [5.74, 6) is 0.421. The molecule has 0 aliphatic rings. The van der Waals surface area contributed by atoms with Crippen LogP contribution in [0.5, 0.6) is 0 Å². The second kappa shape index (κ2) is 4.94. The van der Waals surface area contributed by atoms with Gasteiger partial charge in [0.1, 0.15) is 0 Å². The zero-order chi connectivity index (χ0) is 8.81. The molecule has 1 rings (SSSR count). The minimum Gasteiger partial charge on any atom is -0.396 e. The molecule has 0 aromatic heterocycles. The average Bonchev–Trinajstić information content (AvgIpc) is 2.16. The van der Waals surface area contributed by atoms with E-state index in [1.54, 1.807) is 0 Å². The van der Waals surface area contributed by atoms with Crippen LogP contribution in [0.15, 0.2) is 30.3 Å². The average molecular weight is 164 g/mol. The molecule has 0 spiro atoms. The van der Waals surface area contributed by atoms with E-state index in [1.165, 1.54) is 5.56 Å². The van der Waals surface area contributed by atoms with E-state index in [0.29, 0.717) is 12.5 Å². The summed E-state index contributed by atoms with van der Waals surface area (Å²) in [6.45, 7) is 2.37. The summed E-state index contributed by atoms with van der Waals surface area (Å²) in [7, 11) is 0. The molecule has 0 aliphatic carbocycles. The Bertz CT molecular complexity index is 206. The Morgan fingerprint density at radius 1 is 1.25 bits per heavy atom. The largest absolute Gasteiger partial charge is 0.396 e. The second-order valence-corrected chi connectivity index (χ2v) is 3.31. The van der Waals surface area contributed by atoms with Crippen LogP contribution in [0.25, 0.3) is 0 Å². The Morgan fingerprint density at radius 3 is 2.50 bits per heavy atom. The smallest absolute Gasteiger partial charge is 0.0456 e. The van der Waals surface area contributed by atoms with Crippen LogP contribution in [0.2, 0.25) is 0 Å². The maximum absolute atomic E-state index is 8.81. The number of benzene rings is 1. The number of hydrogen-bond donors (Lipinski definition) is 1. The highest BCUT2D eigenvalue weighted by Gasteiger charge is 1.99. The van der Waals surface area contributed by atoms with Crippen LogP contribution in [0, 0.1) is 5.92 Å². The van der Waals surface area contributed by atoms with Crippen LogP contribution in [-0.2, 0) is 6.42 Å². The molecule has 66 valence electrons. The molecule has 1 atom stereocenters. The Balaban J connectivity index is 2.33. The summed E-state index contributed by atoms with van der Waals surface area (Å²) in [5.41, 5.74) is 1.36. The van der Waals surface area contributed by atoms with Crippen molar-refractivity contribution in [1.82, 2.24) is 0 Å². The number of rotatable bonds is 4. The third kappa shape index (κ3) is 3.05. The van der Waals surface area contributed by atoms with Gasteiger partial charge in [-0.25, -0.2) is 0 Å². The van der Waals surface area contributed by atoms with E-state index in [9.17, 15) is 0 Å². The molecule has 1 aromatic rings. The van der Waals surface area contributed by atoms with Gasteiger partial charge in [-0.3, -0.25) is 0 Å². The molecule has 1 nitrogen and oxygen atoms in total. The molecule has 0 radical (unpaired) electrons. The highest BCUT2D eigenvalue weighted by atomic mass is 16.3. The molecule has 0 saturated heterocycles. The van der Waals surface area contributed by atoms with Crippen molar-refractivity contribution in [3.63, 3.8) is 0 Å². The molecule has 0 amide bonds. The van der Waals surface area contributed by atoms with Gasteiger partial charge in [0, 0.05) is 6.61 Å². The fourth-order valence-electron chi connectivity index (χ4n) is 1.15. The lowest BCUT2D eigenvalue weighted by atomic mass is 10.0. The minimum atomic E-state index is 0.298. The predicted octanol–water partition coefficient (Wildman–Crippen LogP) is 2.25. The summed E-state index contributed by atoms with van der Waals surface area (Å²) in [6, 6.07) is 10.4. The Morgan fingerprint density at radius 2 is 1.92 bits per heavy atom. The Hall–Kier alpha value is -0.820. The fraction of sp³-hybridized carbons (Fsp3) is 0.455. The maximum atomic E-state index is 8.81. The van der Waals surface area contributed by atoms with E-state index in [2.05, 4.69) is 31.2 Å². The Kier molecular flexibility index (Phi) is 3.81. The summed E-state index contributed by atoms with van der Waals surface area (Å²) in [4.78, 5) is 0. The van der Waals surface area contributed by atoms with E-state index in [0.717, 1.165) is 12.8 Å². The molecule has 12 heavy (non-hydrogen) atoms. The minimum absolute atomic E-state index is 0.298. The highest BCUT2D eigenvalue weighted by molar-refractivity contribution is 5.14. The van der Waals surface area contributed by atoms with Gasteiger partial charge in [-0.2, -0.15) is 0 Å². The molecule has 0 unspecified atom stereocenters. The molecular formula is C11H16O. The number of aliphatic hydroxyl groups is 1. The summed E-state index contributed by atoms with van der Waals surface area (Å²) in [5, 5.41) is 8.81. The summed E-state index contributed by atoms with van der Waals surface area (Å²) >= 11 is 0. The van der Waals surface area contributed by atoms with Crippen molar-refractivity contribution in [2.24, 2.45) is 5.92 Å². The molecule has 0 aliphatic heterocycles. The zero-order valence-electron chi connectivity index (χ0n) is 7.53. The molecule has 1 heteroatoms. The lowest BCUT2D eigenvalue weighted by molar-refractivity contribution is 0.230. The van der Waals surface area contributed by atoms with Crippen molar-refractivity contribution in [3.8, 4) is 0 Å². The van der Waals surface area contributed by atoms with Gasteiger partial charge in [0.15, 0.2) is 0 Å². The normalized spacial score (nSPS) is 12.8.